The zero-order valence-corrected chi connectivity index (χ0v) is 19.7. The first-order valence-electron chi connectivity index (χ1n) is 10.3. The first kappa shape index (κ1) is 22.2. The zero-order valence-electron chi connectivity index (χ0n) is 18.7. The average Bonchev–Trinajstić information content (AvgIpc) is 3.06. The molecule has 7 heteroatoms. The summed E-state index contributed by atoms with van der Waals surface area (Å²) in [5.74, 6) is -0.168. The molecule has 3 aromatic heterocycles. The van der Waals surface area contributed by atoms with Crippen molar-refractivity contribution in [2.45, 2.75) is 64.2 Å². The number of hydrogen-bond acceptors (Lipinski definition) is 5. The SMILES string of the molecule is CC(C)(CCC(C)(C)[Si](C)(C)O)n1cc(C(=O)c2cc(N)ccn2)c2cnccc21. The summed E-state index contributed by atoms with van der Waals surface area (Å²) in [6.45, 7) is 12.6. The summed E-state index contributed by atoms with van der Waals surface area (Å²) in [6.07, 6.45) is 8.69. The summed E-state index contributed by atoms with van der Waals surface area (Å²) in [5.41, 5.74) is 7.96. The highest BCUT2D eigenvalue weighted by molar-refractivity contribution is 6.72. The van der Waals surface area contributed by atoms with E-state index < -0.39 is 8.32 Å². The molecule has 160 valence electrons. The Morgan fingerprint density at radius 1 is 1.17 bits per heavy atom. The van der Waals surface area contributed by atoms with Crippen molar-refractivity contribution < 1.29 is 9.59 Å². The Morgan fingerprint density at radius 3 is 2.50 bits per heavy atom. The molecule has 0 aliphatic heterocycles. The third-order valence-corrected chi connectivity index (χ3v) is 10.1. The van der Waals surface area contributed by atoms with Crippen molar-refractivity contribution in [2.24, 2.45) is 0 Å². The fourth-order valence-corrected chi connectivity index (χ4v) is 4.25. The highest BCUT2D eigenvalue weighted by atomic mass is 28.4. The number of nitrogens with zero attached hydrogens (tertiary/aromatic N) is 3. The smallest absolute Gasteiger partial charge is 0.213 e. The van der Waals surface area contributed by atoms with Gasteiger partial charge in [-0.05, 0) is 63.0 Å². The van der Waals surface area contributed by atoms with Crippen LogP contribution in [-0.4, -0.2) is 33.4 Å². The molecule has 0 fully saturated rings. The van der Waals surface area contributed by atoms with Crippen LogP contribution in [0.2, 0.25) is 18.1 Å². The minimum Gasteiger partial charge on any atom is -0.432 e. The molecule has 30 heavy (non-hydrogen) atoms. The van der Waals surface area contributed by atoms with Gasteiger partial charge in [-0.2, -0.15) is 0 Å². The standard InChI is InChI=1S/C23H32N4O2Si/c1-22(2,9-10-23(3,4)30(5,6)29)27-15-18(17-14-25-11-8-20(17)27)21(28)19-13-16(24)7-12-26-19/h7-8,11-15,29H,9-10H2,1-6H3,(H2,24,26). The number of anilines is 1. The average molecular weight is 425 g/mol. The van der Waals surface area contributed by atoms with Crippen molar-refractivity contribution >= 4 is 30.7 Å². The van der Waals surface area contributed by atoms with Crippen molar-refractivity contribution in [1.29, 1.82) is 0 Å². The summed E-state index contributed by atoms with van der Waals surface area (Å²) in [4.78, 5) is 32.3. The van der Waals surface area contributed by atoms with Gasteiger partial charge in [0, 0.05) is 41.4 Å². The molecule has 0 atom stereocenters. The highest BCUT2D eigenvalue weighted by Gasteiger charge is 2.39. The fourth-order valence-electron chi connectivity index (χ4n) is 3.51. The van der Waals surface area contributed by atoms with Crippen LogP contribution in [0.3, 0.4) is 0 Å². The van der Waals surface area contributed by atoms with E-state index in [1.54, 1.807) is 30.7 Å². The number of aromatic nitrogens is 3. The minimum absolute atomic E-state index is 0.112. The maximum atomic E-state index is 13.2. The molecular weight excluding hydrogens is 392 g/mol. The number of hydrogen-bond donors (Lipinski definition) is 2. The molecule has 3 heterocycles. The molecule has 3 N–H and O–H groups in total. The normalized spacial score (nSPS) is 13.0. The van der Waals surface area contributed by atoms with Crippen molar-refractivity contribution in [2.75, 3.05) is 5.73 Å². The number of carbonyl (C=O) groups excluding carboxylic acids is 1. The third-order valence-electron chi connectivity index (χ3n) is 6.54. The van der Waals surface area contributed by atoms with E-state index in [1.807, 2.05) is 25.4 Å². The summed E-state index contributed by atoms with van der Waals surface area (Å²) < 4.78 is 2.16. The second-order valence-electron chi connectivity index (χ2n) is 9.86. The first-order chi connectivity index (χ1) is 13.8. The van der Waals surface area contributed by atoms with Gasteiger partial charge in [0.15, 0.2) is 8.32 Å². The monoisotopic (exact) mass is 424 g/mol. The Morgan fingerprint density at radius 2 is 1.87 bits per heavy atom. The van der Waals surface area contributed by atoms with Gasteiger partial charge in [-0.1, -0.05) is 13.8 Å². The van der Waals surface area contributed by atoms with E-state index in [0.29, 0.717) is 16.9 Å². The van der Waals surface area contributed by atoms with Crippen LogP contribution in [0.15, 0.2) is 43.0 Å². The van der Waals surface area contributed by atoms with E-state index in [2.05, 4.69) is 42.2 Å². The van der Waals surface area contributed by atoms with Gasteiger partial charge in [-0.15, -0.1) is 0 Å². The van der Waals surface area contributed by atoms with Crippen LogP contribution in [0.25, 0.3) is 10.9 Å². The van der Waals surface area contributed by atoms with E-state index >= 15 is 0 Å². The van der Waals surface area contributed by atoms with E-state index in [9.17, 15) is 9.59 Å². The Labute approximate surface area is 179 Å². The van der Waals surface area contributed by atoms with Crippen LogP contribution in [0.5, 0.6) is 0 Å². The molecular formula is C23H32N4O2Si. The van der Waals surface area contributed by atoms with Gasteiger partial charge < -0.3 is 15.1 Å². The van der Waals surface area contributed by atoms with E-state index in [4.69, 9.17) is 5.73 Å². The van der Waals surface area contributed by atoms with Gasteiger partial charge in [0.1, 0.15) is 5.69 Å². The molecule has 0 aromatic carbocycles. The van der Waals surface area contributed by atoms with Gasteiger partial charge in [0.2, 0.25) is 5.78 Å². The molecule has 0 saturated carbocycles. The number of ketones is 1. The van der Waals surface area contributed by atoms with Crippen molar-refractivity contribution in [3.05, 3.63) is 54.2 Å². The maximum absolute atomic E-state index is 13.2. The topological polar surface area (TPSA) is 94.0 Å². The number of nitrogens with two attached hydrogens (primary N) is 1. The molecule has 0 saturated heterocycles. The summed E-state index contributed by atoms with van der Waals surface area (Å²) in [7, 11) is -2.29. The lowest BCUT2D eigenvalue weighted by molar-refractivity contribution is 0.103. The first-order valence-corrected chi connectivity index (χ1v) is 13.2. The predicted octanol–water partition coefficient (Wildman–Crippen LogP) is 4.74. The van der Waals surface area contributed by atoms with Gasteiger partial charge >= 0.3 is 0 Å². The maximum Gasteiger partial charge on any atom is 0.213 e. The molecule has 0 amide bonds. The fraction of sp³-hybridized carbons (Fsp3) is 0.435. The highest BCUT2D eigenvalue weighted by Crippen LogP contribution is 2.43. The third kappa shape index (κ3) is 4.18. The second kappa shape index (κ2) is 7.63. The lowest BCUT2D eigenvalue weighted by Crippen LogP contribution is -2.40. The molecule has 0 bridgehead atoms. The lowest BCUT2D eigenvalue weighted by Gasteiger charge is -2.38. The van der Waals surface area contributed by atoms with Gasteiger partial charge in [-0.25, -0.2) is 0 Å². The molecule has 0 unspecified atom stereocenters. The Hall–Kier alpha value is -2.51. The van der Waals surface area contributed by atoms with Crippen LogP contribution in [-0.2, 0) is 5.54 Å². The van der Waals surface area contributed by atoms with Crippen LogP contribution in [0.1, 0.15) is 56.6 Å². The second-order valence-corrected chi connectivity index (χ2v) is 14.3. The number of nitrogen functional groups attached to an aromatic ring is 1. The molecule has 0 aliphatic rings. The number of rotatable bonds is 7. The van der Waals surface area contributed by atoms with E-state index in [1.165, 1.54) is 0 Å². The molecule has 0 radical (unpaired) electrons. The van der Waals surface area contributed by atoms with Gasteiger partial charge in [0.05, 0.1) is 11.1 Å². The number of carbonyl (C=O) groups is 1. The van der Waals surface area contributed by atoms with Crippen LogP contribution >= 0.6 is 0 Å². The Kier molecular flexibility index (Phi) is 5.64. The van der Waals surface area contributed by atoms with Crippen molar-refractivity contribution in [3.63, 3.8) is 0 Å². The summed E-state index contributed by atoms with van der Waals surface area (Å²) >= 11 is 0. The van der Waals surface area contributed by atoms with Crippen molar-refractivity contribution in [3.8, 4) is 0 Å². The zero-order chi connectivity index (χ0) is 22.3. The number of pyridine rings is 2. The largest absolute Gasteiger partial charge is 0.432 e. The molecule has 0 spiro atoms. The molecule has 3 rings (SSSR count). The summed E-state index contributed by atoms with van der Waals surface area (Å²) in [5, 5.41) is 0.690. The minimum atomic E-state index is -2.29. The summed E-state index contributed by atoms with van der Waals surface area (Å²) in [6, 6.07) is 5.21. The van der Waals surface area contributed by atoms with Gasteiger partial charge in [0.25, 0.3) is 0 Å². The van der Waals surface area contributed by atoms with Crippen LogP contribution in [0.4, 0.5) is 5.69 Å². The molecule has 6 nitrogen and oxygen atoms in total. The van der Waals surface area contributed by atoms with Crippen molar-refractivity contribution in [1.82, 2.24) is 14.5 Å². The van der Waals surface area contributed by atoms with Gasteiger partial charge in [-0.3, -0.25) is 14.8 Å². The lowest BCUT2D eigenvalue weighted by atomic mass is 9.93. The predicted molar refractivity (Wildman–Crippen MR) is 124 cm³/mol. The van der Waals surface area contributed by atoms with Crippen LogP contribution < -0.4 is 5.73 Å². The quantitative estimate of drug-likeness (QED) is 0.422. The van der Waals surface area contributed by atoms with E-state index in [-0.39, 0.29) is 16.4 Å². The Balaban J connectivity index is 2.02. The van der Waals surface area contributed by atoms with Crippen LogP contribution in [0, 0.1) is 0 Å². The Bertz CT molecular complexity index is 1080. The number of fused-ring (bicyclic) bond motifs is 1. The van der Waals surface area contributed by atoms with E-state index in [0.717, 1.165) is 23.7 Å². The molecule has 0 aliphatic carbocycles. The molecule has 3 aromatic rings.